The molecule has 0 aromatic heterocycles. The molecule has 0 spiro atoms. The Balaban J connectivity index is 4.09. The molecule has 0 aromatic carbocycles. The molecule has 0 amide bonds. The molecule has 0 aromatic rings. The minimum atomic E-state index is -2.89. The SMILES string of the molecule is CCC(C)CS(=O)(=O)CC(C)CCl. The van der Waals surface area contributed by atoms with E-state index in [-0.39, 0.29) is 17.6 Å². The first-order valence-electron chi connectivity index (χ1n) is 4.67. The highest BCUT2D eigenvalue weighted by molar-refractivity contribution is 7.91. The third-order valence-electron chi connectivity index (χ3n) is 2.04. The monoisotopic (exact) mass is 226 g/mol. The summed E-state index contributed by atoms with van der Waals surface area (Å²) in [6.07, 6.45) is 0.911. The first-order chi connectivity index (χ1) is 5.91. The molecule has 2 nitrogen and oxygen atoms in total. The zero-order chi connectivity index (χ0) is 10.5. The summed E-state index contributed by atoms with van der Waals surface area (Å²) in [6, 6.07) is 0. The molecule has 0 N–H and O–H groups in total. The predicted octanol–water partition coefficient (Wildman–Crippen LogP) is 2.32. The van der Waals surface area contributed by atoms with Gasteiger partial charge in [0.1, 0.15) is 0 Å². The molecular formula is C9H19ClO2S. The Labute approximate surface area is 86.6 Å². The third kappa shape index (κ3) is 6.33. The molecule has 2 unspecified atom stereocenters. The van der Waals surface area contributed by atoms with Crippen molar-refractivity contribution < 1.29 is 8.42 Å². The maximum absolute atomic E-state index is 11.5. The molecule has 0 saturated heterocycles. The number of alkyl halides is 1. The lowest BCUT2D eigenvalue weighted by Crippen LogP contribution is -2.21. The Bertz CT molecular complexity index is 206. The molecule has 80 valence electrons. The van der Waals surface area contributed by atoms with Gasteiger partial charge in [0.15, 0.2) is 9.84 Å². The van der Waals surface area contributed by atoms with Crippen LogP contribution in [-0.4, -0.2) is 25.8 Å². The number of rotatable bonds is 6. The van der Waals surface area contributed by atoms with Crippen LogP contribution >= 0.6 is 11.6 Å². The molecule has 0 saturated carbocycles. The molecule has 0 rings (SSSR count). The van der Waals surface area contributed by atoms with Crippen LogP contribution in [0.2, 0.25) is 0 Å². The lowest BCUT2D eigenvalue weighted by Gasteiger charge is -2.11. The van der Waals surface area contributed by atoms with E-state index in [4.69, 9.17) is 11.6 Å². The predicted molar refractivity (Wildman–Crippen MR) is 58.0 cm³/mol. The molecule has 13 heavy (non-hydrogen) atoms. The molecule has 4 heteroatoms. The van der Waals surface area contributed by atoms with Crippen molar-refractivity contribution in [3.63, 3.8) is 0 Å². The number of hydrogen-bond donors (Lipinski definition) is 0. The fourth-order valence-electron chi connectivity index (χ4n) is 1.10. The maximum atomic E-state index is 11.5. The van der Waals surface area contributed by atoms with E-state index in [1.807, 2.05) is 20.8 Å². The summed E-state index contributed by atoms with van der Waals surface area (Å²) in [5.74, 6) is 1.26. The maximum Gasteiger partial charge on any atom is 0.150 e. The summed E-state index contributed by atoms with van der Waals surface area (Å²) in [6.45, 7) is 5.83. The molecule has 0 fully saturated rings. The van der Waals surface area contributed by atoms with Crippen LogP contribution in [0.15, 0.2) is 0 Å². The van der Waals surface area contributed by atoms with E-state index in [1.54, 1.807) is 0 Å². The van der Waals surface area contributed by atoms with Crippen molar-refractivity contribution in [2.45, 2.75) is 27.2 Å². The lowest BCUT2D eigenvalue weighted by molar-refractivity contribution is 0.555. The second-order valence-corrected chi connectivity index (χ2v) is 6.31. The summed E-state index contributed by atoms with van der Waals surface area (Å²) in [5, 5.41) is 0. The second-order valence-electron chi connectivity index (χ2n) is 3.85. The van der Waals surface area contributed by atoms with Crippen LogP contribution in [0.4, 0.5) is 0 Å². The van der Waals surface area contributed by atoms with Gasteiger partial charge in [0.2, 0.25) is 0 Å². The van der Waals surface area contributed by atoms with Crippen molar-refractivity contribution in [1.82, 2.24) is 0 Å². The molecule has 0 aliphatic heterocycles. The Morgan fingerprint density at radius 2 is 1.62 bits per heavy atom. The van der Waals surface area contributed by atoms with Crippen LogP contribution in [0.25, 0.3) is 0 Å². The van der Waals surface area contributed by atoms with Gasteiger partial charge in [0.25, 0.3) is 0 Å². The van der Waals surface area contributed by atoms with E-state index in [0.29, 0.717) is 11.6 Å². The van der Waals surface area contributed by atoms with Gasteiger partial charge in [-0.3, -0.25) is 0 Å². The van der Waals surface area contributed by atoms with E-state index in [0.717, 1.165) is 6.42 Å². The van der Waals surface area contributed by atoms with Crippen molar-refractivity contribution in [3.8, 4) is 0 Å². The summed E-state index contributed by atoms with van der Waals surface area (Å²) >= 11 is 5.56. The number of sulfone groups is 1. The van der Waals surface area contributed by atoms with Crippen molar-refractivity contribution in [2.75, 3.05) is 17.4 Å². The van der Waals surface area contributed by atoms with Gasteiger partial charge in [-0.1, -0.05) is 27.2 Å². The Morgan fingerprint density at radius 1 is 1.15 bits per heavy atom. The van der Waals surface area contributed by atoms with Gasteiger partial charge in [-0.25, -0.2) is 8.42 Å². The summed E-state index contributed by atoms with van der Waals surface area (Å²) < 4.78 is 23.0. The topological polar surface area (TPSA) is 34.1 Å². The number of halogens is 1. The van der Waals surface area contributed by atoms with Gasteiger partial charge < -0.3 is 0 Å². The molecule has 0 aliphatic carbocycles. The molecule has 0 heterocycles. The van der Waals surface area contributed by atoms with Crippen LogP contribution in [0.3, 0.4) is 0 Å². The zero-order valence-electron chi connectivity index (χ0n) is 8.59. The van der Waals surface area contributed by atoms with E-state index in [9.17, 15) is 8.42 Å². The molecular weight excluding hydrogens is 208 g/mol. The highest BCUT2D eigenvalue weighted by Crippen LogP contribution is 2.10. The summed E-state index contributed by atoms with van der Waals surface area (Å²) in [5.41, 5.74) is 0. The Morgan fingerprint density at radius 3 is 2.00 bits per heavy atom. The summed E-state index contributed by atoms with van der Waals surface area (Å²) in [7, 11) is -2.89. The first-order valence-corrected chi connectivity index (χ1v) is 7.03. The van der Waals surface area contributed by atoms with Crippen molar-refractivity contribution in [1.29, 1.82) is 0 Å². The average Bonchev–Trinajstić information content (AvgIpc) is 2.02. The van der Waals surface area contributed by atoms with E-state index in [1.165, 1.54) is 0 Å². The quantitative estimate of drug-likeness (QED) is 0.652. The van der Waals surface area contributed by atoms with Crippen LogP contribution in [0, 0.1) is 11.8 Å². The van der Waals surface area contributed by atoms with Gasteiger partial charge in [0, 0.05) is 5.88 Å². The van der Waals surface area contributed by atoms with Crippen molar-refractivity contribution in [3.05, 3.63) is 0 Å². The molecule has 2 atom stereocenters. The average molecular weight is 227 g/mol. The third-order valence-corrected chi connectivity index (χ3v) is 4.72. The fourth-order valence-corrected chi connectivity index (χ4v) is 3.56. The Hall–Kier alpha value is 0.240. The van der Waals surface area contributed by atoms with E-state index in [2.05, 4.69) is 0 Å². The normalized spacial score (nSPS) is 16.9. The fraction of sp³-hybridized carbons (Fsp3) is 1.00. The van der Waals surface area contributed by atoms with Crippen molar-refractivity contribution in [2.24, 2.45) is 11.8 Å². The van der Waals surface area contributed by atoms with E-state index < -0.39 is 9.84 Å². The molecule has 0 bridgehead atoms. The van der Waals surface area contributed by atoms with Gasteiger partial charge in [-0.15, -0.1) is 11.6 Å². The summed E-state index contributed by atoms with van der Waals surface area (Å²) in [4.78, 5) is 0. The second kappa shape index (κ2) is 5.86. The van der Waals surface area contributed by atoms with Crippen LogP contribution in [0.5, 0.6) is 0 Å². The largest absolute Gasteiger partial charge is 0.229 e. The lowest BCUT2D eigenvalue weighted by atomic mass is 10.2. The molecule has 0 radical (unpaired) electrons. The van der Waals surface area contributed by atoms with Crippen molar-refractivity contribution >= 4 is 21.4 Å². The van der Waals surface area contributed by atoms with Gasteiger partial charge in [-0.05, 0) is 11.8 Å². The van der Waals surface area contributed by atoms with Gasteiger partial charge in [-0.2, -0.15) is 0 Å². The van der Waals surface area contributed by atoms with Gasteiger partial charge in [0.05, 0.1) is 11.5 Å². The Kier molecular flexibility index (Phi) is 5.97. The van der Waals surface area contributed by atoms with E-state index >= 15 is 0 Å². The van der Waals surface area contributed by atoms with Crippen LogP contribution < -0.4 is 0 Å². The highest BCUT2D eigenvalue weighted by atomic mass is 35.5. The standard InChI is InChI=1S/C9H19ClO2S/c1-4-8(2)6-13(11,12)7-9(3)5-10/h8-9H,4-7H2,1-3H3. The minimum absolute atomic E-state index is 0.0655. The van der Waals surface area contributed by atoms with Gasteiger partial charge >= 0.3 is 0 Å². The van der Waals surface area contributed by atoms with Crippen LogP contribution in [0.1, 0.15) is 27.2 Å². The zero-order valence-corrected chi connectivity index (χ0v) is 10.2. The molecule has 0 aliphatic rings. The van der Waals surface area contributed by atoms with Crippen LogP contribution in [-0.2, 0) is 9.84 Å². The minimum Gasteiger partial charge on any atom is -0.229 e. The number of hydrogen-bond acceptors (Lipinski definition) is 2. The smallest absolute Gasteiger partial charge is 0.150 e. The highest BCUT2D eigenvalue weighted by Gasteiger charge is 2.17. The first kappa shape index (κ1) is 13.2.